The predicted molar refractivity (Wildman–Crippen MR) is 127 cm³/mol. The lowest BCUT2D eigenvalue weighted by atomic mass is 9.81. The van der Waals surface area contributed by atoms with E-state index in [2.05, 4.69) is 10.6 Å². The summed E-state index contributed by atoms with van der Waals surface area (Å²) in [7, 11) is 0. The van der Waals surface area contributed by atoms with Gasteiger partial charge < -0.3 is 20.4 Å². The normalized spacial score (nSPS) is 20.7. The molecule has 0 bridgehead atoms. The number of hydrogen-bond donors (Lipinski definition) is 2. The van der Waals surface area contributed by atoms with Crippen LogP contribution >= 0.6 is 34.8 Å². The summed E-state index contributed by atoms with van der Waals surface area (Å²) in [4.78, 5) is 42.6. The van der Waals surface area contributed by atoms with Crippen LogP contribution in [0.3, 0.4) is 0 Å². The van der Waals surface area contributed by atoms with Crippen molar-refractivity contribution in [3.63, 3.8) is 0 Å². The summed E-state index contributed by atoms with van der Waals surface area (Å²) in [6.07, 6.45) is 2.11. The maximum atomic E-state index is 13.2. The van der Waals surface area contributed by atoms with Crippen molar-refractivity contribution in [3.05, 3.63) is 27.2 Å². The maximum absolute atomic E-state index is 13.2. The first kappa shape index (κ1) is 24.9. The molecule has 2 heterocycles. The summed E-state index contributed by atoms with van der Waals surface area (Å²) >= 11 is 18.3. The molecular formula is C22H29Cl3N4O3. The first-order valence-electron chi connectivity index (χ1n) is 10.9. The van der Waals surface area contributed by atoms with Crippen molar-refractivity contribution in [3.8, 4) is 0 Å². The van der Waals surface area contributed by atoms with E-state index in [-0.39, 0.29) is 33.6 Å². The average molecular weight is 504 g/mol. The van der Waals surface area contributed by atoms with Gasteiger partial charge >= 0.3 is 6.03 Å². The number of nitrogens with one attached hydrogen (secondary N) is 2. The number of carbonyl (C=O) groups excluding carboxylic acids is 3. The highest BCUT2D eigenvalue weighted by atomic mass is 35.5. The van der Waals surface area contributed by atoms with Crippen molar-refractivity contribution in [1.82, 2.24) is 15.1 Å². The molecule has 3 rings (SSSR count). The van der Waals surface area contributed by atoms with Gasteiger partial charge in [-0.15, -0.1) is 0 Å². The summed E-state index contributed by atoms with van der Waals surface area (Å²) in [6, 6.07) is 2.15. The Bertz CT molecular complexity index is 877. The number of likely N-dealkylation sites (tertiary alicyclic amines) is 1. The molecule has 1 aromatic carbocycles. The summed E-state index contributed by atoms with van der Waals surface area (Å²) in [6.45, 7) is 7.22. The van der Waals surface area contributed by atoms with E-state index < -0.39 is 11.6 Å². The molecule has 0 radical (unpaired) electrons. The standard InChI is InChI=1S/C22H29Cl3N4O3/c1-4-7-29-19(30)17(10-13(2)3)26-20(31)22(29)5-8-28(9-6-22)21(32)27-18-15(24)11-14(23)12-16(18)25/h11-13,17H,4-10H2,1-3H3,(H,26,31)(H,27,32). The predicted octanol–water partition coefficient (Wildman–Crippen LogP) is 4.80. The fraction of sp³-hybridized carbons (Fsp3) is 0.591. The number of hydrogen-bond acceptors (Lipinski definition) is 3. The fourth-order valence-corrected chi connectivity index (χ4v) is 5.39. The molecule has 176 valence electrons. The molecule has 1 unspecified atom stereocenters. The van der Waals surface area contributed by atoms with Crippen LogP contribution in [0, 0.1) is 5.92 Å². The van der Waals surface area contributed by atoms with E-state index in [1.807, 2.05) is 20.8 Å². The molecule has 10 heteroatoms. The zero-order valence-electron chi connectivity index (χ0n) is 18.5. The fourth-order valence-electron chi connectivity index (χ4n) is 4.48. The molecule has 0 aliphatic carbocycles. The van der Waals surface area contributed by atoms with Crippen LogP contribution in [0.1, 0.15) is 46.5 Å². The number of amides is 4. The molecule has 2 fully saturated rings. The zero-order chi connectivity index (χ0) is 23.6. The monoisotopic (exact) mass is 502 g/mol. The van der Waals surface area contributed by atoms with Crippen molar-refractivity contribution >= 4 is 58.3 Å². The minimum Gasteiger partial charge on any atom is -0.342 e. The number of nitrogens with zero attached hydrogens (tertiary/aromatic N) is 2. The number of piperidine rings is 1. The Kier molecular flexibility index (Phi) is 7.84. The van der Waals surface area contributed by atoms with Crippen molar-refractivity contribution in [2.75, 3.05) is 25.0 Å². The van der Waals surface area contributed by atoms with Gasteiger partial charge in [-0.3, -0.25) is 9.59 Å². The summed E-state index contributed by atoms with van der Waals surface area (Å²) in [5, 5.41) is 6.55. The highest BCUT2D eigenvalue weighted by Gasteiger charge is 2.53. The molecule has 0 saturated carbocycles. The van der Waals surface area contributed by atoms with E-state index >= 15 is 0 Å². The smallest absolute Gasteiger partial charge is 0.321 e. The topological polar surface area (TPSA) is 81.8 Å². The quantitative estimate of drug-likeness (QED) is 0.606. The number of anilines is 1. The number of rotatable bonds is 5. The Labute approximate surface area is 203 Å². The number of urea groups is 1. The molecule has 1 spiro atoms. The lowest BCUT2D eigenvalue weighted by Crippen LogP contribution is -2.73. The Hall–Kier alpha value is -1.70. The molecule has 0 aromatic heterocycles. The van der Waals surface area contributed by atoms with Crippen molar-refractivity contribution in [1.29, 1.82) is 0 Å². The largest absolute Gasteiger partial charge is 0.342 e. The molecule has 1 aromatic rings. The number of carbonyl (C=O) groups is 3. The van der Waals surface area contributed by atoms with Crippen molar-refractivity contribution in [2.45, 2.75) is 58.0 Å². The van der Waals surface area contributed by atoms with Crippen LogP contribution in [-0.4, -0.2) is 58.9 Å². The summed E-state index contributed by atoms with van der Waals surface area (Å²) in [5.41, 5.74) is -0.634. The van der Waals surface area contributed by atoms with Crippen LogP contribution in [0.25, 0.3) is 0 Å². The Morgan fingerprint density at radius 2 is 1.78 bits per heavy atom. The van der Waals surface area contributed by atoms with E-state index in [0.29, 0.717) is 49.8 Å². The molecule has 2 N–H and O–H groups in total. The van der Waals surface area contributed by atoms with Crippen LogP contribution in [0.5, 0.6) is 0 Å². The number of piperazine rings is 1. The van der Waals surface area contributed by atoms with Gasteiger partial charge in [0.05, 0.1) is 15.7 Å². The second-order valence-corrected chi connectivity index (χ2v) is 10.1. The summed E-state index contributed by atoms with van der Waals surface area (Å²) < 4.78 is 0. The van der Waals surface area contributed by atoms with E-state index in [1.165, 1.54) is 12.1 Å². The molecule has 4 amide bonds. The van der Waals surface area contributed by atoms with Crippen molar-refractivity contribution in [2.24, 2.45) is 5.92 Å². The molecule has 2 aliphatic rings. The second-order valence-electron chi connectivity index (χ2n) is 8.84. The first-order chi connectivity index (χ1) is 15.1. The van der Waals surface area contributed by atoms with Crippen LogP contribution in [0.2, 0.25) is 15.1 Å². The van der Waals surface area contributed by atoms with Crippen LogP contribution in [0.15, 0.2) is 12.1 Å². The van der Waals surface area contributed by atoms with Gasteiger partial charge in [0.25, 0.3) is 0 Å². The van der Waals surface area contributed by atoms with Gasteiger partial charge in [0.2, 0.25) is 11.8 Å². The third kappa shape index (κ3) is 4.95. The van der Waals surface area contributed by atoms with Crippen LogP contribution in [-0.2, 0) is 9.59 Å². The van der Waals surface area contributed by atoms with E-state index in [9.17, 15) is 14.4 Å². The van der Waals surface area contributed by atoms with Crippen LogP contribution in [0.4, 0.5) is 10.5 Å². The van der Waals surface area contributed by atoms with Gasteiger partial charge in [0.1, 0.15) is 11.6 Å². The Morgan fingerprint density at radius 1 is 1.19 bits per heavy atom. The minimum atomic E-state index is -0.924. The summed E-state index contributed by atoms with van der Waals surface area (Å²) in [5.74, 6) is 0.136. The van der Waals surface area contributed by atoms with Crippen LogP contribution < -0.4 is 10.6 Å². The third-order valence-electron chi connectivity index (χ3n) is 6.08. The van der Waals surface area contributed by atoms with Gasteiger partial charge in [-0.2, -0.15) is 0 Å². The van der Waals surface area contributed by atoms with Gasteiger partial charge in [-0.05, 0) is 43.7 Å². The highest BCUT2D eigenvalue weighted by molar-refractivity contribution is 6.42. The van der Waals surface area contributed by atoms with E-state index in [0.717, 1.165) is 6.42 Å². The average Bonchev–Trinajstić information content (AvgIpc) is 2.72. The van der Waals surface area contributed by atoms with Gasteiger partial charge in [0, 0.05) is 24.7 Å². The lowest BCUT2D eigenvalue weighted by molar-refractivity contribution is -0.161. The lowest BCUT2D eigenvalue weighted by Gasteiger charge is -2.51. The minimum absolute atomic E-state index is 0.0298. The maximum Gasteiger partial charge on any atom is 0.321 e. The molecule has 2 saturated heterocycles. The number of halogens is 3. The SMILES string of the molecule is CCCN1C(=O)C(CC(C)C)NC(=O)C12CCN(C(=O)Nc1c(Cl)cc(Cl)cc1Cl)CC2. The highest BCUT2D eigenvalue weighted by Crippen LogP contribution is 2.36. The molecular weight excluding hydrogens is 475 g/mol. The second kappa shape index (κ2) is 10.1. The van der Waals surface area contributed by atoms with Gasteiger partial charge in [-0.25, -0.2) is 4.79 Å². The molecule has 7 nitrogen and oxygen atoms in total. The van der Waals surface area contributed by atoms with Gasteiger partial charge in [0.15, 0.2) is 0 Å². The Balaban J connectivity index is 1.73. The van der Waals surface area contributed by atoms with Gasteiger partial charge in [-0.1, -0.05) is 55.6 Å². The molecule has 2 aliphatic heterocycles. The first-order valence-corrected chi connectivity index (χ1v) is 12.1. The number of benzene rings is 1. The molecule has 1 atom stereocenters. The van der Waals surface area contributed by atoms with E-state index in [1.54, 1.807) is 9.80 Å². The zero-order valence-corrected chi connectivity index (χ0v) is 20.8. The van der Waals surface area contributed by atoms with Crippen molar-refractivity contribution < 1.29 is 14.4 Å². The van der Waals surface area contributed by atoms with E-state index in [4.69, 9.17) is 34.8 Å². The third-order valence-corrected chi connectivity index (χ3v) is 6.89. The molecule has 32 heavy (non-hydrogen) atoms. The Morgan fingerprint density at radius 3 is 2.31 bits per heavy atom.